The molecule has 0 N–H and O–H groups in total. The van der Waals surface area contributed by atoms with E-state index in [-0.39, 0.29) is 0 Å². The molecule has 0 bridgehead atoms. The van der Waals surface area contributed by atoms with E-state index in [2.05, 4.69) is 43.5 Å². The van der Waals surface area contributed by atoms with Crippen molar-refractivity contribution in [2.75, 3.05) is 0 Å². The first-order valence-corrected chi connectivity index (χ1v) is 9.86. The average Bonchev–Trinajstić information content (AvgIpc) is 3.17. The Morgan fingerprint density at radius 2 is 2.00 bits per heavy atom. The van der Waals surface area contributed by atoms with Gasteiger partial charge >= 0.3 is 0 Å². The summed E-state index contributed by atoms with van der Waals surface area (Å²) in [5.41, 5.74) is 7.80. The van der Waals surface area contributed by atoms with Gasteiger partial charge in [0, 0.05) is 30.2 Å². The van der Waals surface area contributed by atoms with E-state index in [1.165, 1.54) is 39.0 Å². The zero-order chi connectivity index (χ0) is 18.4. The standard InChI is InChI=1S/C22H22Cl2N2/c1-4-15-8-10-26-19-7-9-25-21(13(2)3)20(19)16(22(15)26)11-14-5-6-17(23)18(24)12-14/h4-7,9,12-13H,8,10-11H2,1-3H3/b15-4+. The van der Waals surface area contributed by atoms with Crippen molar-refractivity contribution in [3.8, 4) is 0 Å². The average molecular weight is 385 g/mol. The van der Waals surface area contributed by atoms with Crippen molar-refractivity contribution >= 4 is 39.7 Å². The molecule has 0 radical (unpaired) electrons. The van der Waals surface area contributed by atoms with Crippen LogP contribution in [0.15, 0.2) is 36.5 Å². The summed E-state index contributed by atoms with van der Waals surface area (Å²) in [5.74, 6) is 0.378. The third-order valence-corrected chi connectivity index (χ3v) is 6.01. The molecule has 0 unspecified atom stereocenters. The van der Waals surface area contributed by atoms with Crippen molar-refractivity contribution in [2.45, 2.75) is 46.1 Å². The second kappa shape index (κ2) is 6.75. The molecule has 0 fully saturated rings. The first kappa shape index (κ1) is 17.6. The van der Waals surface area contributed by atoms with Gasteiger partial charge in [0.2, 0.25) is 0 Å². The van der Waals surface area contributed by atoms with Gasteiger partial charge in [0.25, 0.3) is 0 Å². The zero-order valence-corrected chi connectivity index (χ0v) is 16.8. The van der Waals surface area contributed by atoms with Gasteiger partial charge < -0.3 is 4.57 Å². The Morgan fingerprint density at radius 3 is 2.69 bits per heavy atom. The Morgan fingerprint density at radius 1 is 1.19 bits per heavy atom. The molecular formula is C22H22Cl2N2. The lowest BCUT2D eigenvalue weighted by Gasteiger charge is -2.11. The molecular weight excluding hydrogens is 363 g/mol. The lowest BCUT2D eigenvalue weighted by atomic mass is 9.95. The summed E-state index contributed by atoms with van der Waals surface area (Å²) in [5, 5.41) is 2.52. The van der Waals surface area contributed by atoms with Crippen molar-refractivity contribution in [1.29, 1.82) is 0 Å². The topological polar surface area (TPSA) is 17.8 Å². The molecule has 4 rings (SSSR count). The van der Waals surface area contributed by atoms with Gasteiger partial charge in [0.15, 0.2) is 0 Å². The molecule has 1 aromatic carbocycles. The molecule has 3 heterocycles. The maximum Gasteiger partial charge on any atom is 0.0595 e. The molecule has 134 valence electrons. The minimum Gasteiger partial charge on any atom is -0.340 e. The number of benzene rings is 1. The summed E-state index contributed by atoms with van der Waals surface area (Å²) in [4.78, 5) is 4.72. The summed E-state index contributed by atoms with van der Waals surface area (Å²) in [6.45, 7) is 7.59. The molecule has 2 aromatic heterocycles. The lowest BCUT2D eigenvalue weighted by molar-refractivity contribution is 0.792. The van der Waals surface area contributed by atoms with Crippen LogP contribution in [0.4, 0.5) is 0 Å². The maximum atomic E-state index is 6.27. The van der Waals surface area contributed by atoms with E-state index >= 15 is 0 Å². The summed E-state index contributed by atoms with van der Waals surface area (Å²) < 4.78 is 2.46. The molecule has 0 saturated carbocycles. The molecule has 0 aliphatic carbocycles. The van der Waals surface area contributed by atoms with Gasteiger partial charge in [-0.05, 0) is 54.2 Å². The van der Waals surface area contributed by atoms with E-state index in [9.17, 15) is 0 Å². The number of fused-ring (bicyclic) bond motifs is 3. The predicted octanol–water partition coefficient (Wildman–Crippen LogP) is 6.86. The van der Waals surface area contributed by atoms with E-state index in [0.717, 1.165) is 19.4 Å². The van der Waals surface area contributed by atoms with Crippen LogP contribution in [0.25, 0.3) is 16.5 Å². The van der Waals surface area contributed by atoms with Crippen molar-refractivity contribution in [1.82, 2.24) is 9.55 Å². The van der Waals surface area contributed by atoms with Gasteiger partial charge in [-0.2, -0.15) is 0 Å². The predicted molar refractivity (Wildman–Crippen MR) is 111 cm³/mol. The molecule has 26 heavy (non-hydrogen) atoms. The first-order chi connectivity index (χ1) is 12.5. The Bertz CT molecular complexity index is 1030. The molecule has 0 spiro atoms. The number of hydrogen-bond acceptors (Lipinski definition) is 1. The van der Waals surface area contributed by atoms with Crippen LogP contribution in [0.2, 0.25) is 10.0 Å². The van der Waals surface area contributed by atoms with Gasteiger partial charge in [-0.3, -0.25) is 4.98 Å². The highest BCUT2D eigenvalue weighted by Crippen LogP contribution is 2.41. The number of aromatic nitrogens is 2. The van der Waals surface area contributed by atoms with Gasteiger partial charge in [0.05, 0.1) is 21.3 Å². The fourth-order valence-corrected chi connectivity index (χ4v) is 4.42. The smallest absolute Gasteiger partial charge is 0.0595 e. The van der Waals surface area contributed by atoms with Crippen LogP contribution in [0.3, 0.4) is 0 Å². The van der Waals surface area contributed by atoms with E-state index in [0.29, 0.717) is 16.0 Å². The Labute approximate surface area is 164 Å². The highest BCUT2D eigenvalue weighted by atomic mass is 35.5. The lowest BCUT2D eigenvalue weighted by Crippen LogP contribution is -1.97. The van der Waals surface area contributed by atoms with Crippen molar-refractivity contribution in [3.05, 3.63) is 69.1 Å². The maximum absolute atomic E-state index is 6.27. The Hall–Kier alpha value is -1.77. The number of halogens is 2. The zero-order valence-electron chi connectivity index (χ0n) is 15.3. The normalized spacial score (nSPS) is 15.4. The highest BCUT2D eigenvalue weighted by Gasteiger charge is 2.27. The summed E-state index contributed by atoms with van der Waals surface area (Å²) in [6, 6.07) is 8.09. The fraction of sp³-hybridized carbons (Fsp3) is 0.318. The molecule has 3 aromatic rings. The van der Waals surface area contributed by atoms with Crippen molar-refractivity contribution in [2.24, 2.45) is 0 Å². The Kier molecular flexibility index (Phi) is 4.58. The van der Waals surface area contributed by atoms with E-state index in [1.54, 1.807) is 0 Å². The third-order valence-electron chi connectivity index (χ3n) is 5.28. The molecule has 1 aliphatic rings. The fourth-order valence-electron chi connectivity index (χ4n) is 4.10. The molecule has 0 saturated heterocycles. The molecule has 4 heteroatoms. The number of hydrogen-bond donors (Lipinski definition) is 0. The molecule has 2 nitrogen and oxygen atoms in total. The van der Waals surface area contributed by atoms with Crippen LogP contribution in [0.1, 0.15) is 55.6 Å². The largest absolute Gasteiger partial charge is 0.340 e. The minimum absolute atomic E-state index is 0.378. The van der Waals surface area contributed by atoms with E-state index < -0.39 is 0 Å². The monoisotopic (exact) mass is 384 g/mol. The summed E-state index contributed by atoms with van der Waals surface area (Å²) in [6.07, 6.45) is 6.12. The quantitative estimate of drug-likeness (QED) is 0.481. The van der Waals surface area contributed by atoms with Crippen LogP contribution >= 0.6 is 23.2 Å². The number of pyridine rings is 1. The molecule has 0 atom stereocenters. The highest BCUT2D eigenvalue weighted by molar-refractivity contribution is 6.42. The minimum atomic E-state index is 0.378. The van der Waals surface area contributed by atoms with Crippen LogP contribution < -0.4 is 0 Å². The van der Waals surface area contributed by atoms with E-state index in [1.807, 2.05) is 18.3 Å². The van der Waals surface area contributed by atoms with Gasteiger partial charge in [-0.1, -0.05) is 49.2 Å². The number of allylic oxidation sites excluding steroid dienone is 2. The van der Waals surface area contributed by atoms with Crippen LogP contribution in [0.5, 0.6) is 0 Å². The summed E-state index contributed by atoms with van der Waals surface area (Å²) >= 11 is 12.4. The van der Waals surface area contributed by atoms with E-state index in [4.69, 9.17) is 28.2 Å². The van der Waals surface area contributed by atoms with Crippen molar-refractivity contribution < 1.29 is 0 Å². The number of nitrogens with zero attached hydrogens (tertiary/aromatic N) is 2. The van der Waals surface area contributed by atoms with Gasteiger partial charge in [-0.25, -0.2) is 0 Å². The summed E-state index contributed by atoms with van der Waals surface area (Å²) in [7, 11) is 0. The van der Waals surface area contributed by atoms with Crippen LogP contribution in [0, 0.1) is 0 Å². The Balaban J connectivity index is 1.98. The third kappa shape index (κ3) is 2.76. The second-order valence-corrected chi connectivity index (χ2v) is 8.03. The first-order valence-electron chi connectivity index (χ1n) is 9.10. The van der Waals surface area contributed by atoms with Crippen LogP contribution in [-0.4, -0.2) is 9.55 Å². The number of rotatable bonds is 3. The number of aryl methyl sites for hydroxylation is 1. The second-order valence-electron chi connectivity index (χ2n) is 7.21. The molecule has 0 amide bonds. The van der Waals surface area contributed by atoms with Gasteiger partial charge in [-0.15, -0.1) is 0 Å². The van der Waals surface area contributed by atoms with Gasteiger partial charge in [0.1, 0.15) is 0 Å². The van der Waals surface area contributed by atoms with Crippen LogP contribution in [-0.2, 0) is 13.0 Å². The molecule has 1 aliphatic heterocycles. The SMILES string of the molecule is C/C=C1\CCn2c1c(Cc1ccc(Cl)c(Cl)c1)c1c(C(C)C)nccc12. The van der Waals surface area contributed by atoms with Crippen molar-refractivity contribution in [3.63, 3.8) is 0 Å².